The van der Waals surface area contributed by atoms with Crippen LogP contribution >= 0.6 is 0 Å². The maximum absolute atomic E-state index is 9.38. The van der Waals surface area contributed by atoms with Gasteiger partial charge < -0.3 is 9.63 Å². The van der Waals surface area contributed by atoms with Gasteiger partial charge in [0.2, 0.25) is 11.6 Å². The maximum Gasteiger partial charge on any atom is 0.258 e. The van der Waals surface area contributed by atoms with Gasteiger partial charge in [-0.1, -0.05) is 5.16 Å². The lowest BCUT2D eigenvalue weighted by atomic mass is 10.1. The first kappa shape index (κ1) is 11.3. The van der Waals surface area contributed by atoms with Crippen LogP contribution < -0.4 is 0 Å². The molecule has 0 aliphatic heterocycles. The van der Waals surface area contributed by atoms with Crippen LogP contribution in [0.3, 0.4) is 0 Å². The van der Waals surface area contributed by atoms with Gasteiger partial charge in [0, 0.05) is 18.0 Å². The Morgan fingerprint density at radius 2 is 1.89 bits per heavy atom. The van der Waals surface area contributed by atoms with E-state index in [1.807, 2.05) is 6.92 Å². The van der Waals surface area contributed by atoms with Gasteiger partial charge in [-0.05, 0) is 36.8 Å². The van der Waals surface area contributed by atoms with Crippen LogP contribution in [0.25, 0.3) is 23.1 Å². The molecule has 1 aromatic carbocycles. The first-order chi connectivity index (χ1) is 9.24. The summed E-state index contributed by atoms with van der Waals surface area (Å²) in [6.45, 7) is 1.86. The molecule has 0 fully saturated rings. The second-order valence-corrected chi connectivity index (χ2v) is 3.99. The van der Waals surface area contributed by atoms with Crippen LogP contribution in [-0.4, -0.2) is 25.2 Å². The fraction of sp³-hybridized carbons (Fsp3) is 0.0769. The molecule has 0 unspecified atom stereocenters. The molecular weight excluding hydrogens is 244 g/mol. The van der Waals surface area contributed by atoms with Crippen molar-refractivity contribution in [3.63, 3.8) is 0 Å². The van der Waals surface area contributed by atoms with Crippen LogP contribution in [0, 0.1) is 6.92 Å². The Kier molecular flexibility index (Phi) is 2.68. The standard InChI is InChI=1S/C13H10N4O2/c1-8-7-9(18)3-4-10(8)13-16-12(17-19-13)11-14-5-2-6-15-11/h2-7,18H,1H3. The van der Waals surface area contributed by atoms with Crippen molar-refractivity contribution in [3.8, 4) is 28.9 Å². The summed E-state index contributed by atoms with van der Waals surface area (Å²) in [5.41, 5.74) is 1.62. The molecule has 0 atom stereocenters. The van der Waals surface area contributed by atoms with Crippen molar-refractivity contribution in [1.29, 1.82) is 0 Å². The van der Waals surface area contributed by atoms with Crippen molar-refractivity contribution in [3.05, 3.63) is 42.2 Å². The van der Waals surface area contributed by atoms with Crippen molar-refractivity contribution in [2.24, 2.45) is 0 Å². The number of rotatable bonds is 2. The highest BCUT2D eigenvalue weighted by molar-refractivity contribution is 5.61. The van der Waals surface area contributed by atoms with Gasteiger partial charge in [0.05, 0.1) is 0 Å². The largest absolute Gasteiger partial charge is 0.508 e. The van der Waals surface area contributed by atoms with Gasteiger partial charge >= 0.3 is 0 Å². The Morgan fingerprint density at radius 1 is 1.11 bits per heavy atom. The molecule has 0 radical (unpaired) electrons. The zero-order valence-corrected chi connectivity index (χ0v) is 10.1. The minimum absolute atomic E-state index is 0.201. The van der Waals surface area contributed by atoms with E-state index in [2.05, 4.69) is 20.1 Å². The van der Waals surface area contributed by atoms with Gasteiger partial charge in [0.1, 0.15) is 5.75 Å². The van der Waals surface area contributed by atoms with E-state index < -0.39 is 0 Å². The third-order valence-electron chi connectivity index (χ3n) is 2.63. The SMILES string of the molecule is Cc1cc(O)ccc1-c1nc(-c2ncccn2)no1. The smallest absolute Gasteiger partial charge is 0.258 e. The highest BCUT2D eigenvalue weighted by atomic mass is 16.5. The summed E-state index contributed by atoms with van der Waals surface area (Å²) >= 11 is 0. The summed E-state index contributed by atoms with van der Waals surface area (Å²) in [6, 6.07) is 6.66. The fourth-order valence-corrected chi connectivity index (χ4v) is 1.73. The molecule has 0 aliphatic rings. The Balaban J connectivity index is 2.02. The van der Waals surface area contributed by atoms with Crippen molar-refractivity contribution in [2.75, 3.05) is 0 Å². The number of nitrogens with zero attached hydrogens (tertiary/aromatic N) is 4. The number of benzene rings is 1. The quantitative estimate of drug-likeness (QED) is 0.754. The topological polar surface area (TPSA) is 84.9 Å². The predicted molar refractivity (Wildman–Crippen MR) is 67.2 cm³/mol. The van der Waals surface area contributed by atoms with Gasteiger partial charge in [0.15, 0.2) is 0 Å². The molecule has 94 valence electrons. The molecule has 2 aromatic heterocycles. The summed E-state index contributed by atoms with van der Waals surface area (Å²) in [6.07, 6.45) is 3.23. The molecule has 6 heteroatoms. The Labute approximate surface area is 108 Å². The highest BCUT2D eigenvalue weighted by Gasteiger charge is 2.14. The zero-order valence-electron chi connectivity index (χ0n) is 10.1. The number of phenols is 1. The van der Waals surface area contributed by atoms with E-state index in [1.165, 1.54) is 0 Å². The van der Waals surface area contributed by atoms with Gasteiger partial charge in [-0.3, -0.25) is 0 Å². The summed E-state index contributed by atoms with van der Waals surface area (Å²) in [5, 5.41) is 13.2. The van der Waals surface area contributed by atoms with Gasteiger partial charge in [-0.2, -0.15) is 4.98 Å². The average molecular weight is 254 g/mol. The summed E-state index contributed by atoms with van der Waals surface area (Å²) in [7, 11) is 0. The van der Waals surface area contributed by atoms with Crippen LogP contribution in [0.1, 0.15) is 5.56 Å². The lowest BCUT2D eigenvalue weighted by Crippen LogP contribution is -1.89. The van der Waals surface area contributed by atoms with Crippen LogP contribution in [0.5, 0.6) is 5.75 Å². The zero-order chi connectivity index (χ0) is 13.2. The number of hydrogen-bond donors (Lipinski definition) is 1. The second kappa shape index (κ2) is 4.49. The fourth-order valence-electron chi connectivity index (χ4n) is 1.73. The van der Waals surface area contributed by atoms with E-state index in [0.29, 0.717) is 17.5 Å². The summed E-state index contributed by atoms with van der Waals surface area (Å²) in [5.74, 6) is 1.32. The van der Waals surface area contributed by atoms with Crippen molar-refractivity contribution >= 4 is 0 Å². The Bertz CT molecular complexity index is 710. The van der Waals surface area contributed by atoms with E-state index in [9.17, 15) is 5.11 Å². The number of aromatic hydroxyl groups is 1. The predicted octanol–water partition coefficient (Wildman–Crippen LogP) is 2.21. The van der Waals surface area contributed by atoms with E-state index in [0.717, 1.165) is 11.1 Å². The molecule has 1 N–H and O–H groups in total. The summed E-state index contributed by atoms with van der Waals surface area (Å²) < 4.78 is 5.20. The van der Waals surface area contributed by atoms with Crippen LogP contribution in [-0.2, 0) is 0 Å². The lowest BCUT2D eigenvalue weighted by Gasteiger charge is -2.00. The minimum Gasteiger partial charge on any atom is -0.508 e. The molecule has 0 saturated carbocycles. The normalized spacial score (nSPS) is 10.6. The molecule has 0 bridgehead atoms. The number of phenolic OH excluding ortho intramolecular Hbond substituents is 1. The third kappa shape index (κ3) is 2.15. The molecule has 0 saturated heterocycles. The lowest BCUT2D eigenvalue weighted by molar-refractivity contribution is 0.431. The molecule has 0 spiro atoms. The van der Waals surface area contributed by atoms with Crippen molar-refractivity contribution < 1.29 is 9.63 Å². The Hall–Kier alpha value is -2.76. The van der Waals surface area contributed by atoms with Crippen LogP contribution in [0.4, 0.5) is 0 Å². The van der Waals surface area contributed by atoms with Gasteiger partial charge in [-0.15, -0.1) is 0 Å². The van der Waals surface area contributed by atoms with E-state index in [4.69, 9.17) is 4.52 Å². The Morgan fingerprint density at radius 3 is 2.63 bits per heavy atom. The molecule has 6 nitrogen and oxygen atoms in total. The second-order valence-electron chi connectivity index (χ2n) is 3.99. The molecule has 0 amide bonds. The molecular formula is C13H10N4O2. The molecule has 2 heterocycles. The van der Waals surface area contributed by atoms with Crippen LogP contribution in [0.15, 0.2) is 41.2 Å². The van der Waals surface area contributed by atoms with E-state index in [-0.39, 0.29) is 5.75 Å². The highest BCUT2D eigenvalue weighted by Crippen LogP contribution is 2.26. The number of aryl methyl sites for hydroxylation is 1. The average Bonchev–Trinajstić information content (AvgIpc) is 2.89. The minimum atomic E-state index is 0.201. The maximum atomic E-state index is 9.38. The number of hydrogen-bond acceptors (Lipinski definition) is 6. The van der Waals surface area contributed by atoms with Gasteiger partial charge in [0.25, 0.3) is 5.89 Å². The molecule has 3 rings (SSSR count). The molecule has 3 aromatic rings. The van der Waals surface area contributed by atoms with E-state index >= 15 is 0 Å². The van der Waals surface area contributed by atoms with Crippen LogP contribution in [0.2, 0.25) is 0 Å². The first-order valence-corrected chi connectivity index (χ1v) is 5.65. The van der Waals surface area contributed by atoms with E-state index in [1.54, 1.807) is 36.7 Å². The van der Waals surface area contributed by atoms with Crippen molar-refractivity contribution in [1.82, 2.24) is 20.1 Å². The molecule has 19 heavy (non-hydrogen) atoms. The van der Waals surface area contributed by atoms with Crippen molar-refractivity contribution in [2.45, 2.75) is 6.92 Å². The summed E-state index contributed by atoms with van der Waals surface area (Å²) in [4.78, 5) is 12.4. The monoisotopic (exact) mass is 254 g/mol. The third-order valence-corrected chi connectivity index (χ3v) is 2.63. The number of aromatic nitrogens is 4. The molecule has 0 aliphatic carbocycles. The first-order valence-electron chi connectivity index (χ1n) is 5.65. The van der Waals surface area contributed by atoms with Gasteiger partial charge in [-0.25, -0.2) is 9.97 Å².